The van der Waals surface area contributed by atoms with Crippen LogP contribution in [0.1, 0.15) is 60.3 Å². The van der Waals surface area contributed by atoms with Gasteiger partial charge in [-0.2, -0.15) is 11.8 Å². The van der Waals surface area contributed by atoms with E-state index >= 15 is 0 Å². The summed E-state index contributed by atoms with van der Waals surface area (Å²) in [5.74, 6) is 0.964. The first-order valence-electron chi connectivity index (χ1n) is 6.05. The van der Waals surface area contributed by atoms with Gasteiger partial charge >= 0.3 is 0 Å². The van der Waals surface area contributed by atoms with Gasteiger partial charge in [0.1, 0.15) is 0 Å². The second-order valence-electron chi connectivity index (χ2n) is 6.02. The fraction of sp³-hybridized carbons (Fsp3) is 1.00. The van der Waals surface area contributed by atoms with Crippen molar-refractivity contribution < 1.29 is 0 Å². The first-order valence-corrected chi connectivity index (χ1v) is 6.99. The molecule has 0 amide bonds. The van der Waals surface area contributed by atoms with Gasteiger partial charge in [0.25, 0.3) is 0 Å². The van der Waals surface area contributed by atoms with E-state index in [4.69, 9.17) is 0 Å². The number of hydrogen-bond donors (Lipinski definition) is 0. The van der Waals surface area contributed by atoms with E-state index in [2.05, 4.69) is 46.4 Å². The quantitative estimate of drug-likeness (QED) is 0.640. The number of rotatable bonds is 2. The monoisotopic (exact) mass is 214 g/mol. The fourth-order valence-electron chi connectivity index (χ4n) is 2.45. The van der Waals surface area contributed by atoms with E-state index in [-0.39, 0.29) is 0 Å². The minimum absolute atomic E-state index is 0.535. The molecule has 0 atom stereocenters. The molecule has 1 saturated carbocycles. The van der Waals surface area contributed by atoms with Crippen molar-refractivity contribution in [3.8, 4) is 0 Å². The summed E-state index contributed by atoms with van der Waals surface area (Å²) in [5.41, 5.74) is 0.535. The van der Waals surface area contributed by atoms with E-state index in [1.54, 1.807) is 0 Å². The Morgan fingerprint density at radius 3 is 1.86 bits per heavy atom. The van der Waals surface area contributed by atoms with Gasteiger partial charge in [0, 0.05) is 5.25 Å². The van der Waals surface area contributed by atoms with Gasteiger partial charge < -0.3 is 0 Å². The van der Waals surface area contributed by atoms with Crippen molar-refractivity contribution in [3.05, 3.63) is 0 Å². The molecule has 0 nitrogen and oxygen atoms in total. The highest BCUT2D eigenvalue weighted by Crippen LogP contribution is 2.41. The topological polar surface area (TPSA) is 0 Å². The SMILES string of the molecule is CC(C)SC1CCC(C(C)(C)C)CC1. The molecule has 0 aromatic carbocycles. The molecule has 1 aliphatic carbocycles. The van der Waals surface area contributed by atoms with E-state index in [0.29, 0.717) is 5.41 Å². The van der Waals surface area contributed by atoms with Gasteiger partial charge in [0.05, 0.1) is 0 Å². The third kappa shape index (κ3) is 3.84. The lowest BCUT2D eigenvalue weighted by atomic mass is 9.72. The Balaban J connectivity index is 2.31. The molecular formula is C13H26S. The second-order valence-corrected chi connectivity index (χ2v) is 7.91. The zero-order valence-corrected chi connectivity index (χ0v) is 11.3. The highest BCUT2D eigenvalue weighted by atomic mass is 32.2. The Labute approximate surface area is 94.2 Å². The summed E-state index contributed by atoms with van der Waals surface area (Å²) >= 11 is 2.19. The Morgan fingerprint density at radius 1 is 1.00 bits per heavy atom. The van der Waals surface area contributed by atoms with Crippen LogP contribution in [0.25, 0.3) is 0 Å². The maximum atomic E-state index is 2.40. The van der Waals surface area contributed by atoms with Gasteiger partial charge in [-0.25, -0.2) is 0 Å². The fourth-order valence-corrected chi connectivity index (χ4v) is 3.76. The van der Waals surface area contributed by atoms with Gasteiger partial charge in [0.15, 0.2) is 0 Å². The molecule has 14 heavy (non-hydrogen) atoms. The summed E-state index contributed by atoms with van der Waals surface area (Å²) in [4.78, 5) is 0. The molecule has 1 fully saturated rings. The molecule has 0 heterocycles. The van der Waals surface area contributed by atoms with Crippen molar-refractivity contribution in [1.29, 1.82) is 0 Å². The molecule has 0 bridgehead atoms. The summed E-state index contributed by atoms with van der Waals surface area (Å²) in [6.45, 7) is 11.8. The molecule has 1 aliphatic rings. The van der Waals surface area contributed by atoms with Crippen molar-refractivity contribution >= 4 is 11.8 Å². The van der Waals surface area contributed by atoms with E-state index < -0.39 is 0 Å². The smallest absolute Gasteiger partial charge is 0.00498 e. The first kappa shape index (κ1) is 12.4. The van der Waals surface area contributed by atoms with Gasteiger partial charge in [0.2, 0.25) is 0 Å². The Hall–Kier alpha value is 0.350. The molecule has 1 heteroatoms. The Bertz CT molecular complexity index is 159. The largest absolute Gasteiger partial charge is 0.156 e. The van der Waals surface area contributed by atoms with Crippen LogP contribution >= 0.6 is 11.8 Å². The molecule has 0 unspecified atom stereocenters. The Kier molecular flexibility index (Phi) is 4.36. The molecule has 0 radical (unpaired) electrons. The van der Waals surface area contributed by atoms with Gasteiger partial charge in [-0.15, -0.1) is 0 Å². The van der Waals surface area contributed by atoms with Gasteiger partial charge in [-0.3, -0.25) is 0 Å². The third-order valence-corrected chi connectivity index (χ3v) is 4.76. The van der Waals surface area contributed by atoms with Crippen LogP contribution in [0.4, 0.5) is 0 Å². The minimum Gasteiger partial charge on any atom is -0.156 e. The summed E-state index contributed by atoms with van der Waals surface area (Å²) in [6, 6.07) is 0. The lowest BCUT2D eigenvalue weighted by Gasteiger charge is -2.37. The van der Waals surface area contributed by atoms with E-state index in [0.717, 1.165) is 16.4 Å². The van der Waals surface area contributed by atoms with Gasteiger partial charge in [-0.05, 0) is 42.3 Å². The van der Waals surface area contributed by atoms with Crippen LogP contribution in [0.3, 0.4) is 0 Å². The van der Waals surface area contributed by atoms with Crippen molar-refractivity contribution in [2.45, 2.75) is 70.8 Å². The molecule has 0 aliphatic heterocycles. The molecule has 0 aromatic rings. The lowest BCUT2D eigenvalue weighted by molar-refractivity contribution is 0.182. The van der Waals surface area contributed by atoms with Crippen molar-refractivity contribution in [3.63, 3.8) is 0 Å². The first-order chi connectivity index (χ1) is 6.39. The molecule has 0 spiro atoms. The summed E-state index contributed by atoms with van der Waals surface area (Å²) in [5, 5.41) is 1.76. The van der Waals surface area contributed by atoms with E-state index in [9.17, 15) is 0 Å². The predicted octanol–water partition coefficient (Wildman–Crippen LogP) is 4.73. The average molecular weight is 214 g/mol. The Morgan fingerprint density at radius 2 is 1.50 bits per heavy atom. The lowest BCUT2D eigenvalue weighted by Crippen LogP contribution is -2.27. The normalized spacial score (nSPS) is 29.6. The van der Waals surface area contributed by atoms with E-state index in [1.807, 2.05) is 0 Å². The highest BCUT2D eigenvalue weighted by Gasteiger charge is 2.29. The average Bonchev–Trinajstić information content (AvgIpc) is 2.02. The molecule has 0 N–H and O–H groups in total. The van der Waals surface area contributed by atoms with Gasteiger partial charge in [-0.1, -0.05) is 34.6 Å². The molecule has 84 valence electrons. The molecule has 1 rings (SSSR count). The molecule has 0 aromatic heterocycles. The van der Waals surface area contributed by atoms with Crippen LogP contribution in [0, 0.1) is 11.3 Å². The van der Waals surface area contributed by atoms with Crippen molar-refractivity contribution in [2.75, 3.05) is 0 Å². The molecular weight excluding hydrogens is 188 g/mol. The highest BCUT2D eigenvalue weighted by molar-refractivity contribution is 8.00. The van der Waals surface area contributed by atoms with Crippen LogP contribution in [0.2, 0.25) is 0 Å². The third-order valence-electron chi connectivity index (χ3n) is 3.36. The maximum Gasteiger partial charge on any atom is 0.00498 e. The zero-order valence-electron chi connectivity index (χ0n) is 10.5. The van der Waals surface area contributed by atoms with Crippen LogP contribution in [0.5, 0.6) is 0 Å². The maximum absolute atomic E-state index is 2.40. The van der Waals surface area contributed by atoms with Crippen molar-refractivity contribution in [2.24, 2.45) is 11.3 Å². The number of thioether (sulfide) groups is 1. The van der Waals surface area contributed by atoms with E-state index in [1.165, 1.54) is 25.7 Å². The zero-order chi connectivity index (χ0) is 10.8. The summed E-state index contributed by atoms with van der Waals surface area (Å²) in [7, 11) is 0. The summed E-state index contributed by atoms with van der Waals surface area (Å²) < 4.78 is 0. The predicted molar refractivity (Wildman–Crippen MR) is 67.9 cm³/mol. The van der Waals surface area contributed by atoms with Crippen molar-refractivity contribution in [1.82, 2.24) is 0 Å². The van der Waals surface area contributed by atoms with Crippen LogP contribution in [-0.4, -0.2) is 10.5 Å². The van der Waals surface area contributed by atoms with Crippen LogP contribution in [-0.2, 0) is 0 Å². The standard InChI is InChI=1S/C13H26S/c1-10(2)14-12-8-6-11(7-9-12)13(3,4)5/h10-12H,6-9H2,1-5H3. The van der Waals surface area contributed by atoms with Crippen LogP contribution < -0.4 is 0 Å². The molecule has 0 saturated heterocycles. The van der Waals surface area contributed by atoms with Crippen LogP contribution in [0.15, 0.2) is 0 Å². The minimum atomic E-state index is 0.535. The summed E-state index contributed by atoms with van der Waals surface area (Å²) in [6.07, 6.45) is 5.80. The number of hydrogen-bond acceptors (Lipinski definition) is 1. The second kappa shape index (κ2) is 4.92.